The highest BCUT2D eigenvalue weighted by molar-refractivity contribution is 6.30. The van der Waals surface area contributed by atoms with E-state index in [0.717, 1.165) is 24.4 Å². The molecule has 1 saturated carbocycles. The van der Waals surface area contributed by atoms with Crippen LogP contribution in [0.25, 0.3) is 0 Å². The van der Waals surface area contributed by atoms with Crippen LogP contribution in [-0.4, -0.2) is 38.5 Å². The Labute approximate surface area is 158 Å². The minimum atomic E-state index is -0.224. The molecule has 0 atom stereocenters. The third-order valence-corrected chi connectivity index (χ3v) is 4.79. The summed E-state index contributed by atoms with van der Waals surface area (Å²) in [5, 5.41) is 10.1. The van der Waals surface area contributed by atoms with Crippen LogP contribution in [0.4, 0.5) is 0 Å². The molecule has 0 radical (unpaired) electrons. The molecule has 0 aliphatic heterocycles. The van der Waals surface area contributed by atoms with Crippen LogP contribution >= 0.6 is 11.6 Å². The van der Waals surface area contributed by atoms with Crippen molar-refractivity contribution in [3.8, 4) is 0 Å². The first kappa shape index (κ1) is 18.3. The van der Waals surface area contributed by atoms with Crippen LogP contribution in [0.1, 0.15) is 29.0 Å². The molecule has 6 nitrogen and oxygen atoms in total. The highest BCUT2D eigenvalue weighted by Gasteiger charge is 2.44. The number of aliphatic imine (C=N–C) groups is 1. The molecule has 0 saturated heterocycles. The second kappa shape index (κ2) is 8.27. The molecule has 1 aliphatic carbocycles. The van der Waals surface area contributed by atoms with Crippen LogP contribution in [0.3, 0.4) is 0 Å². The van der Waals surface area contributed by atoms with Gasteiger partial charge in [0.25, 0.3) is 5.91 Å². The first-order valence-corrected chi connectivity index (χ1v) is 9.03. The van der Waals surface area contributed by atoms with Gasteiger partial charge in [0.2, 0.25) is 0 Å². The van der Waals surface area contributed by atoms with Crippen molar-refractivity contribution in [3.05, 3.63) is 59.0 Å². The van der Waals surface area contributed by atoms with Gasteiger partial charge in [0.05, 0.1) is 6.26 Å². The quantitative estimate of drug-likeness (QED) is 0.395. The van der Waals surface area contributed by atoms with E-state index < -0.39 is 0 Å². The average Bonchev–Trinajstić information content (AvgIpc) is 3.24. The Bertz CT molecular complexity index is 770. The fraction of sp³-hybridized carbons (Fsp3) is 0.368. The zero-order valence-corrected chi connectivity index (χ0v) is 15.5. The van der Waals surface area contributed by atoms with E-state index in [4.69, 9.17) is 16.0 Å². The maximum atomic E-state index is 11.8. The summed E-state index contributed by atoms with van der Waals surface area (Å²) in [7, 11) is 1.73. The van der Waals surface area contributed by atoms with Crippen molar-refractivity contribution in [2.75, 3.05) is 26.7 Å². The molecule has 3 rings (SSSR count). The Morgan fingerprint density at radius 1 is 1.19 bits per heavy atom. The summed E-state index contributed by atoms with van der Waals surface area (Å²) in [4.78, 5) is 16.0. The van der Waals surface area contributed by atoms with Gasteiger partial charge in [-0.2, -0.15) is 0 Å². The van der Waals surface area contributed by atoms with Crippen LogP contribution in [0.15, 0.2) is 52.1 Å². The molecule has 0 spiro atoms. The Balaban J connectivity index is 1.42. The van der Waals surface area contributed by atoms with Gasteiger partial charge in [-0.3, -0.25) is 9.79 Å². The van der Waals surface area contributed by atoms with Crippen LogP contribution in [0, 0.1) is 0 Å². The molecule has 26 heavy (non-hydrogen) atoms. The van der Waals surface area contributed by atoms with Crippen molar-refractivity contribution in [2.45, 2.75) is 18.3 Å². The molecule has 1 fully saturated rings. The third-order valence-electron chi connectivity index (χ3n) is 4.56. The van der Waals surface area contributed by atoms with Gasteiger partial charge >= 0.3 is 0 Å². The van der Waals surface area contributed by atoms with Gasteiger partial charge in [-0.05, 0) is 42.7 Å². The number of hydrogen-bond donors (Lipinski definition) is 3. The van der Waals surface area contributed by atoms with E-state index in [-0.39, 0.29) is 11.3 Å². The van der Waals surface area contributed by atoms with E-state index in [1.165, 1.54) is 11.8 Å². The second-order valence-electron chi connectivity index (χ2n) is 6.38. The molecule has 1 aromatic carbocycles. The van der Waals surface area contributed by atoms with Crippen LogP contribution in [0.2, 0.25) is 5.02 Å². The van der Waals surface area contributed by atoms with E-state index in [1.807, 2.05) is 18.2 Å². The fourth-order valence-electron chi connectivity index (χ4n) is 2.86. The van der Waals surface area contributed by atoms with Gasteiger partial charge in [0.15, 0.2) is 11.7 Å². The van der Waals surface area contributed by atoms with Gasteiger partial charge in [-0.15, -0.1) is 0 Å². The van der Waals surface area contributed by atoms with Gasteiger partial charge in [0.1, 0.15) is 0 Å². The molecular formula is C19H23ClN4O2. The highest BCUT2D eigenvalue weighted by atomic mass is 35.5. The number of carbonyl (C=O) groups excluding carboxylic acids is 1. The third kappa shape index (κ3) is 4.58. The van der Waals surface area contributed by atoms with E-state index in [2.05, 4.69) is 27.0 Å². The van der Waals surface area contributed by atoms with Crippen molar-refractivity contribution < 1.29 is 9.21 Å². The lowest BCUT2D eigenvalue weighted by molar-refractivity contribution is 0.0926. The zero-order valence-electron chi connectivity index (χ0n) is 14.7. The predicted octanol–water partition coefficient (Wildman–Crippen LogP) is 2.56. The smallest absolute Gasteiger partial charge is 0.287 e. The second-order valence-corrected chi connectivity index (χ2v) is 6.81. The number of guanidine groups is 1. The molecule has 0 unspecified atom stereocenters. The Hall–Kier alpha value is -2.47. The van der Waals surface area contributed by atoms with E-state index >= 15 is 0 Å². The molecule has 1 aromatic heterocycles. The summed E-state index contributed by atoms with van der Waals surface area (Å²) in [6.45, 7) is 1.84. The van der Waals surface area contributed by atoms with Crippen molar-refractivity contribution in [3.63, 3.8) is 0 Å². The first-order valence-electron chi connectivity index (χ1n) is 8.65. The predicted molar refractivity (Wildman–Crippen MR) is 103 cm³/mol. The number of hydrogen-bond acceptors (Lipinski definition) is 3. The molecular weight excluding hydrogens is 352 g/mol. The summed E-state index contributed by atoms with van der Waals surface area (Å²) >= 11 is 6.12. The summed E-state index contributed by atoms with van der Waals surface area (Å²) in [5.74, 6) is 0.799. The zero-order chi connectivity index (χ0) is 18.4. The standard InChI is InChI=1S/C19H23ClN4O2/c1-21-18(23-10-9-22-17(25)16-6-3-11-26-16)24-13-19(7-8-19)14-4-2-5-15(20)12-14/h2-6,11-12H,7-10,13H2,1H3,(H,22,25)(H2,21,23,24). The average molecular weight is 375 g/mol. The van der Waals surface area contributed by atoms with Gasteiger partial charge < -0.3 is 20.4 Å². The number of furan rings is 1. The number of nitrogens with zero attached hydrogens (tertiary/aromatic N) is 1. The summed E-state index contributed by atoms with van der Waals surface area (Å²) in [6.07, 6.45) is 3.75. The number of rotatable bonds is 7. The van der Waals surface area contributed by atoms with Crippen LogP contribution < -0.4 is 16.0 Å². The maximum Gasteiger partial charge on any atom is 0.287 e. The van der Waals surface area contributed by atoms with Crippen molar-refractivity contribution in [2.24, 2.45) is 4.99 Å². The molecule has 138 valence electrons. The Morgan fingerprint density at radius 2 is 2.00 bits per heavy atom. The molecule has 3 N–H and O–H groups in total. The lowest BCUT2D eigenvalue weighted by Gasteiger charge is -2.19. The van der Waals surface area contributed by atoms with Gasteiger partial charge in [-0.1, -0.05) is 23.7 Å². The topological polar surface area (TPSA) is 78.7 Å². The maximum absolute atomic E-state index is 11.8. The van der Waals surface area contributed by atoms with E-state index in [0.29, 0.717) is 24.8 Å². The van der Waals surface area contributed by atoms with Crippen molar-refractivity contribution in [1.29, 1.82) is 0 Å². The molecule has 0 bridgehead atoms. The number of halogens is 1. The van der Waals surface area contributed by atoms with E-state index in [9.17, 15) is 4.79 Å². The Morgan fingerprint density at radius 3 is 2.65 bits per heavy atom. The monoisotopic (exact) mass is 374 g/mol. The summed E-state index contributed by atoms with van der Waals surface area (Å²) < 4.78 is 5.05. The molecule has 1 heterocycles. The van der Waals surface area contributed by atoms with Crippen molar-refractivity contribution in [1.82, 2.24) is 16.0 Å². The van der Waals surface area contributed by atoms with Crippen LogP contribution in [0.5, 0.6) is 0 Å². The number of benzene rings is 1. The lowest BCUT2D eigenvalue weighted by Crippen LogP contribution is -2.44. The number of amides is 1. The largest absolute Gasteiger partial charge is 0.459 e. The molecule has 1 amide bonds. The van der Waals surface area contributed by atoms with Crippen molar-refractivity contribution >= 4 is 23.5 Å². The fourth-order valence-corrected chi connectivity index (χ4v) is 3.05. The van der Waals surface area contributed by atoms with Gasteiger partial charge in [-0.25, -0.2) is 0 Å². The molecule has 2 aromatic rings. The first-order chi connectivity index (χ1) is 12.6. The van der Waals surface area contributed by atoms with Crippen LogP contribution in [-0.2, 0) is 5.41 Å². The molecule has 7 heteroatoms. The lowest BCUT2D eigenvalue weighted by atomic mass is 9.96. The molecule has 1 aliphatic rings. The minimum Gasteiger partial charge on any atom is -0.459 e. The van der Waals surface area contributed by atoms with Gasteiger partial charge in [0, 0.05) is 37.1 Å². The number of carbonyl (C=O) groups is 1. The SMILES string of the molecule is CN=C(NCCNC(=O)c1ccco1)NCC1(c2cccc(Cl)c2)CC1. The Kier molecular flexibility index (Phi) is 5.83. The normalized spacial score (nSPS) is 15.4. The highest BCUT2D eigenvalue weighted by Crippen LogP contribution is 2.48. The minimum absolute atomic E-state index is 0.135. The van der Waals surface area contributed by atoms with E-state index in [1.54, 1.807) is 19.2 Å². The summed E-state index contributed by atoms with van der Waals surface area (Å²) in [5.41, 5.74) is 1.40. The summed E-state index contributed by atoms with van der Waals surface area (Å²) in [6, 6.07) is 11.4. The number of nitrogens with one attached hydrogen (secondary N) is 3.